The highest BCUT2D eigenvalue weighted by Gasteiger charge is 2.38. The molecule has 0 spiro atoms. The molecule has 0 aliphatic carbocycles. The Morgan fingerprint density at radius 3 is 2.65 bits per heavy atom. The fraction of sp³-hybridized carbons (Fsp3) is 0.333. The Morgan fingerprint density at radius 1 is 1.31 bits per heavy atom. The van der Waals surface area contributed by atoms with Crippen molar-refractivity contribution in [2.45, 2.75) is 23.5 Å². The first-order chi connectivity index (χ1) is 12.2. The molecule has 0 saturated heterocycles. The number of rotatable bonds is 3. The van der Waals surface area contributed by atoms with Crippen molar-refractivity contribution in [3.05, 3.63) is 30.1 Å². The fourth-order valence-electron chi connectivity index (χ4n) is 2.52. The number of carbonyl (C=O) groups is 2. The predicted octanol–water partition coefficient (Wildman–Crippen LogP) is 2.30. The number of amides is 2. The molecule has 0 radical (unpaired) electrons. The van der Waals surface area contributed by atoms with Gasteiger partial charge in [0.25, 0.3) is 0 Å². The number of halogens is 3. The molecule has 0 bridgehead atoms. The normalized spacial score (nSPS) is 15.4. The van der Waals surface area contributed by atoms with Crippen LogP contribution in [0.2, 0.25) is 0 Å². The van der Waals surface area contributed by atoms with Crippen molar-refractivity contribution >= 4 is 35.0 Å². The third-order valence-corrected chi connectivity index (χ3v) is 4.88. The van der Waals surface area contributed by atoms with Crippen LogP contribution in [0.15, 0.2) is 29.4 Å². The predicted molar refractivity (Wildman–Crippen MR) is 88.7 cm³/mol. The molecule has 138 valence electrons. The summed E-state index contributed by atoms with van der Waals surface area (Å²) in [6, 6.07) is 6.81. The molecule has 1 aliphatic heterocycles. The van der Waals surface area contributed by atoms with Gasteiger partial charge >= 0.3 is 6.18 Å². The van der Waals surface area contributed by atoms with E-state index in [1.165, 1.54) is 11.9 Å². The minimum atomic E-state index is -4.63. The quantitative estimate of drug-likeness (QED) is 0.820. The summed E-state index contributed by atoms with van der Waals surface area (Å²) in [4.78, 5) is 25.9. The average Bonchev–Trinajstić information content (AvgIpc) is 2.94. The highest BCUT2D eigenvalue weighted by Crippen LogP contribution is 2.33. The number of nitrogens with one attached hydrogen (secondary N) is 1. The van der Waals surface area contributed by atoms with Crippen LogP contribution in [0.5, 0.6) is 0 Å². The van der Waals surface area contributed by atoms with Gasteiger partial charge in [-0.05, 0) is 19.1 Å². The SMILES string of the molecule is C[C@H](Sc1nnc(C(F)(F)F)n1C)C(=O)N1CC(=O)Nc2ccccc21. The van der Waals surface area contributed by atoms with E-state index >= 15 is 0 Å². The summed E-state index contributed by atoms with van der Waals surface area (Å²) >= 11 is 0.851. The van der Waals surface area contributed by atoms with Crippen molar-refractivity contribution in [3.8, 4) is 0 Å². The van der Waals surface area contributed by atoms with Crippen LogP contribution in [0, 0.1) is 0 Å². The van der Waals surface area contributed by atoms with Crippen LogP contribution in [0.3, 0.4) is 0 Å². The molecule has 1 aliphatic rings. The van der Waals surface area contributed by atoms with Crippen LogP contribution < -0.4 is 10.2 Å². The largest absolute Gasteiger partial charge is 0.451 e. The molecule has 0 unspecified atom stereocenters. The first kappa shape index (κ1) is 18.2. The molecule has 1 atom stereocenters. The van der Waals surface area contributed by atoms with Crippen LogP contribution >= 0.6 is 11.8 Å². The van der Waals surface area contributed by atoms with Gasteiger partial charge in [0.05, 0.1) is 16.6 Å². The zero-order valence-corrected chi connectivity index (χ0v) is 14.6. The van der Waals surface area contributed by atoms with Gasteiger partial charge in [-0.1, -0.05) is 23.9 Å². The lowest BCUT2D eigenvalue weighted by atomic mass is 10.2. The van der Waals surface area contributed by atoms with E-state index in [9.17, 15) is 22.8 Å². The molecule has 1 aromatic carbocycles. The molecular weight excluding hydrogens is 371 g/mol. The maximum absolute atomic E-state index is 12.8. The van der Waals surface area contributed by atoms with E-state index in [-0.39, 0.29) is 17.6 Å². The van der Waals surface area contributed by atoms with Crippen molar-refractivity contribution < 1.29 is 22.8 Å². The zero-order chi connectivity index (χ0) is 19.1. The van der Waals surface area contributed by atoms with Crippen LogP contribution in [-0.2, 0) is 22.8 Å². The number of nitrogens with zero attached hydrogens (tertiary/aromatic N) is 4. The van der Waals surface area contributed by atoms with Gasteiger partial charge in [-0.25, -0.2) is 0 Å². The molecule has 1 N–H and O–H groups in total. The van der Waals surface area contributed by atoms with Crippen molar-refractivity contribution in [2.24, 2.45) is 7.05 Å². The van der Waals surface area contributed by atoms with Gasteiger partial charge in [0.15, 0.2) is 5.16 Å². The Bertz CT molecular complexity index is 867. The van der Waals surface area contributed by atoms with Crippen LogP contribution in [0.4, 0.5) is 24.5 Å². The molecule has 0 fully saturated rings. The molecule has 2 heterocycles. The molecule has 0 saturated carbocycles. The first-order valence-electron chi connectivity index (χ1n) is 7.52. The Hall–Kier alpha value is -2.56. The minimum Gasteiger partial charge on any atom is -0.323 e. The third kappa shape index (κ3) is 3.39. The Balaban J connectivity index is 1.81. The van der Waals surface area contributed by atoms with Gasteiger partial charge in [-0.3, -0.25) is 14.5 Å². The third-order valence-electron chi connectivity index (χ3n) is 3.76. The van der Waals surface area contributed by atoms with Gasteiger partial charge in [-0.2, -0.15) is 13.2 Å². The molecule has 11 heteroatoms. The summed E-state index contributed by atoms with van der Waals surface area (Å²) in [6.45, 7) is 1.39. The van der Waals surface area contributed by atoms with E-state index in [0.717, 1.165) is 16.3 Å². The number of anilines is 2. The number of benzene rings is 1. The van der Waals surface area contributed by atoms with Gasteiger partial charge in [-0.15, -0.1) is 10.2 Å². The number of hydrogen-bond donors (Lipinski definition) is 1. The van der Waals surface area contributed by atoms with Crippen molar-refractivity contribution in [1.29, 1.82) is 0 Å². The van der Waals surface area contributed by atoms with Crippen molar-refractivity contribution in [3.63, 3.8) is 0 Å². The zero-order valence-electron chi connectivity index (χ0n) is 13.7. The van der Waals surface area contributed by atoms with Crippen LogP contribution in [0.1, 0.15) is 12.7 Å². The molecule has 26 heavy (non-hydrogen) atoms. The van der Waals surface area contributed by atoms with Crippen molar-refractivity contribution in [1.82, 2.24) is 14.8 Å². The molecule has 2 amide bonds. The van der Waals surface area contributed by atoms with E-state index < -0.39 is 23.2 Å². The lowest BCUT2D eigenvalue weighted by Gasteiger charge is -2.30. The highest BCUT2D eigenvalue weighted by atomic mass is 32.2. The monoisotopic (exact) mass is 385 g/mol. The number of alkyl halides is 3. The molecule has 2 aromatic rings. The summed E-state index contributed by atoms with van der Waals surface area (Å²) in [5.41, 5.74) is 1.05. The summed E-state index contributed by atoms with van der Waals surface area (Å²) in [5, 5.41) is 8.52. The standard InChI is InChI=1S/C15H14F3N5O2S/c1-8(26-14-21-20-13(22(14)2)15(16,17)18)12(25)23-7-11(24)19-9-5-3-4-6-10(9)23/h3-6,8H,7H2,1-2H3,(H,19,24)/t8-/m0/s1. The second-order valence-electron chi connectivity index (χ2n) is 5.61. The van der Waals surface area contributed by atoms with Gasteiger partial charge in [0.1, 0.15) is 6.54 Å². The second-order valence-corrected chi connectivity index (χ2v) is 6.92. The molecule has 1 aromatic heterocycles. The van der Waals surface area contributed by atoms with Crippen molar-refractivity contribution in [2.75, 3.05) is 16.8 Å². The van der Waals surface area contributed by atoms with Crippen LogP contribution in [-0.4, -0.2) is 38.4 Å². The fourth-order valence-corrected chi connectivity index (χ4v) is 3.40. The van der Waals surface area contributed by atoms with Crippen LogP contribution in [0.25, 0.3) is 0 Å². The molecular formula is C15H14F3N5O2S. The second kappa shape index (κ2) is 6.63. The number of fused-ring (bicyclic) bond motifs is 1. The number of thioether (sulfide) groups is 1. The average molecular weight is 385 g/mol. The minimum absolute atomic E-state index is 0.0343. The van der Waals surface area contributed by atoms with E-state index in [2.05, 4.69) is 15.5 Å². The van der Waals surface area contributed by atoms with E-state index in [1.54, 1.807) is 31.2 Å². The summed E-state index contributed by atoms with van der Waals surface area (Å²) in [6.07, 6.45) is -4.63. The smallest absolute Gasteiger partial charge is 0.323 e. The molecule has 3 rings (SSSR count). The Labute approximate surface area is 150 Å². The van der Waals surface area contributed by atoms with Gasteiger partial charge < -0.3 is 9.88 Å². The van der Waals surface area contributed by atoms with E-state index in [4.69, 9.17) is 0 Å². The summed E-state index contributed by atoms with van der Waals surface area (Å²) in [7, 11) is 1.19. The van der Waals surface area contributed by atoms with Gasteiger partial charge in [0, 0.05) is 7.05 Å². The first-order valence-corrected chi connectivity index (χ1v) is 8.40. The topological polar surface area (TPSA) is 80.1 Å². The number of carbonyl (C=O) groups excluding carboxylic acids is 2. The lowest BCUT2D eigenvalue weighted by molar-refractivity contribution is -0.147. The Kier molecular flexibility index (Phi) is 4.65. The number of aromatic nitrogens is 3. The van der Waals surface area contributed by atoms with E-state index in [0.29, 0.717) is 11.4 Å². The number of hydrogen-bond acceptors (Lipinski definition) is 5. The molecule has 7 nitrogen and oxygen atoms in total. The highest BCUT2D eigenvalue weighted by molar-refractivity contribution is 8.00. The number of para-hydroxylation sites is 2. The lowest BCUT2D eigenvalue weighted by Crippen LogP contribution is -2.45. The van der Waals surface area contributed by atoms with Gasteiger partial charge in [0.2, 0.25) is 17.6 Å². The maximum Gasteiger partial charge on any atom is 0.451 e. The summed E-state index contributed by atoms with van der Waals surface area (Å²) < 4.78 is 39.2. The Morgan fingerprint density at radius 2 is 2.00 bits per heavy atom. The maximum atomic E-state index is 12.8. The summed E-state index contributed by atoms with van der Waals surface area (Å²) in [5.74, 6) is -1.89. The van der Waals surface area contributed by atoms with E-state index in [1.807, 2.05) is 0 Å².